The summed E-state index contributed by atoms with van der Waals surface area (Å²) in [6.07, 6.45) is 2.42. The van der Waals surface area contributed by atoms with E-state index < -0.39 is 9.84 Å². The molecule has 0 radical (unpaired) electrons. The van der Waals surface area contributed by atoms with E-state index in [9.17, 15) is 13.2 Å². The van der Waals surface area contributed by atoms with Crippen molar-refractivity contribution in [3.05, 3.63) is 42.6 Å². The van der Waals surface area contributed by atoms with Crippen LogP contribution in [0.4, 0.5) is 17.3 Å². The summed E-state index contributed by atoms with van der Waals surface area (Å²) in [5.41, 5.74) is 6.91. The van der Waals surface area contributed by atoms with Crippen LogP contribution in [0.3, 0.4) is 0 Å². The summed E-state index contributed by atoms with van der Waals surface area (Å²) in [4.78, 5) is 23.8. The van der Waals surface area contributed by atoms with Crippen molar-refractivity contribution in [1.29, 1.82) is 0 Å². The Labute approximate surface area is 136 Å². The molecule has 0 bridgehead atoms. The Morgan fingerprint density at radius 1 is 1.12 bits per heavy atom. The van der Waals surface area contributed by atoms with Crippen LogP contribution in [0.25, 0.3) is 11.4 Å². The lowest BCUT2D eigenvalue weighted by atomic mass is 10.2. The van der Waals surface area contributed by atoms with Gasteiger partial charge in [0.1, 0.15) is 11.6 Å². The summed E-state index contributed by atoms with van der Waals surface area (Å²) < 4.78 is 23.2. The monoisotopic (exact) mass is 341 g/mol. The molecular formula is C15H11N5O3S. The highest BCUT2D eigenvalue weighted by atomic mass is 32.2. The van der Waals surface area contributed by atoms with E-state index in [0.717, 1.165) is 0 Å². The second-order valence-corrected chi connectivity index (χ2v) is 6.95. The molecule has 0 saturated carbocycles. The molecule has 2 aromatic heterocycles. The number of nitrogens with zero attached hydrogens (tertiary/aromatic N) is 3. The zero-order valence-electron chi connectivity index (χ0n) is 12.2. The Balaban J connectivity index is 1.70. The van der Waals surface area contributed by atoms with Gasteiger partial charge in [-0.15, -0.1) is 0 Å². The van der Waals surface area contributed by atoms with Gasteiger partial charge in [-0.05, 0) is 36.4 Å². The zero-order valence-corrected chi connectivity index (χ0v) is 13.0. The minimum absolute atomic E-state index is 0.0155. The predicted molar refractivity (Wildman–Crippen MR) is 86.3 cm³/mol. The zero-order chi connectivity index (χ0) is 16.9. The summed E-state index contributed by atoms with van der Waals surface area (Å²) in [6, 6.07) is 10.4. The Bertz CT molecular complexity index is 1040. The van der Waals surface area contributed by atoms with E-state index in [0.29, 0.717) is 23.5 Å². The smallest absolute Gasteiger partial charge is 0.231 e. The van der Waals surface area contributed by atoms with Crippen LogP contribution in [0.5, 0.6) is 0 Å². The number of carbonyl (C=O) groups excluding carboxylic acids is 1. The van der Waals surface area contributed by atoms with Crippen LogP contribution in [-0.2, 0) is 14.6 Å². The van der Waals surface area contributed by atoms with Crippen LogP contribution < -0.4 is 10.6 Å². The van der Waals surface area contributed by atoms with Gasteiger partial charge < -0.3 is 10.7 Å². The van der Waals surface area contributed by atoms with E-state index in [4.69, 9.17) is 5.73 Å². The van der Waals surface area contributed by atoms with Crippen LogP contribution in [0.15, 0.2) is 52.5 Å². The standard InChI is InChI=1S/C15H11N5O3S/c16-13-12-15(24(12,22)23)19-14(18-13)9-3-5-10(6-4-9)20(8-21)11-2-1-7-17-11/h1-8,17H,(H2,16,18,19). The molecule has 0 fully saturated rings. The van der Waals surface area contributed by atoms with Gasteiger partial charge in [-0.2, -0.15) is 0 Å². The Morgan fingerprint density at radius 3 is 2.46 bits per heavy atom. The van der Waals surface area contributed by atoms with Gasteiger partial charge in [0.05, 0.1) is 5.69 Å². The number of nitrogens with two attached hydrogens (primary N) is 1. The second kappa shape index (κ2) is 4.90. The van der Waals surface area contributed by atoms with Crippen LogP contribution >= 0.6 is 0 Å². The van der Waals surface area contributed by atoms with Gasteiger partial charge in [0.15, 0.2) is 15.7 Å². The molecule has 0 saturated heterocycles. The van der Waals surface area contributed by atoms with E-state index in [2.05, 4.69) is 15.0 Å². The number of sulfone groups is 1. The maximum atomic E-state index is 11.6. The molecule has 1 aliphatic heterocycles. The SMILES string of the molecule is Nc1nc(-c2ccc(N(C=O)c3ccc[nH]3)cc2)nc2c1S2(=O)=O. The highest BCUT2D eigenvalue weighted by Gasteiger charge is 2.45. The van der Waals surface area contributed by atoms with Crippen molar-refractivity contribution in [2.24, 2.45) is 0 Å². The molecule has 24 heavy (non-hydrogen) atoms. The summed E-state index contributed by atoms with van der Waals surface area (Å²) in [5.74, 6) is 0.824. The molecule has 3 N–H and O–H groups in total. The highest BCUT2D eigenvalue weighted by Crippen LogP contribution is 2.43. The molecule has 120 valence electrons. The second-order valence-electron chi connectivity index (χ2n) is 5.15. The summed E-state index contributed by atoms with van der Waals surface area (Å²) in [7, 11) is -3.45. The number of H-pyrrole nitrogens is 1. The first-order chi connectivity index (χ1) is 11.5. The molecule has 3 aromatic rings. The molecule has 3 heterocycles. The number of hydrogen-bond acceptors (Lipinski definition) is 6. The summed E-state index contributed by atoms with van der Waals surface area (Å²) in [5, 5.41) is -0.0185. The Kier molecular flexibility index (Phi) is 2.94. The van der Waals surface area contributed by atoms with Crippen molar-refractivity contribution in [2.75, 3.05) is 10.6 Å². The van der Waals surface area contributed by atoms with Crippen LogP contribution in [-0.4, -0.2) is 29.8 Å². The largest absolute Gasteiger partial charge is 0.382 e. The van der Waals surface area contributed by atoms with Gasteiger partial charge in [0, 0.05) is 11.8 Å². The summed E-state index contributed by atoms with van der Waals surface area (Å²) in [6.45, 7) is 0. The average molecular weight is 341 g/mol. The molecule has 0 unspecified atom stereocenters. The lowest BCUT2D eigenvalue weighted by molar-refractivity contribution is -0.106. The minimum atomic E-state index is -3.45. The molecule has 1 amide bonds. The molecule has 0 atom stereocenters. The van der Waals surface area contributed by atoms with Gasteiger partial charge in [-0.3, -0.25) is 9.69 Å². The number of fused-ring (bicyclic) bond motifs is 1. The number of benzene rings is 1. The molecule has 1 aliphatic rings. The van der Waals surface area contributed by atoms with Crippen molar-refractivity contribution in [1.82, 2.24) is 15.0 Å². The number of nitrogens with one attached hydrogen (secondary N) is 1. The summed E-state index contributed by atoms with van der Waals surface area (Å²) >= 11 is 0. The normalized spacial score (nSPS) is 14.0. The minimum Gasteiger partial charge on any atom is -0.382 e. The van der Waals surface area contributed by atoms with Crippen LogP contribution in [0.1, 0.15) is 0 Å². The number of aromatic nitrogens is 3. The molecule has 4 rings (SSSR count). The van der Waals surface area contributed by atoms with E-state index in [-0.39, 0.29) is 21.6 Å². The first-order valence-corrected chi connectivity index (χ1v) is 8.41. The van der Waals surface area contributed by atoms with E-state index >= 15 is 0 Å². The molecule has 9 heteroatoms. The van der Waals surface area contributed by atoms with Crippen LogP contribution in [0, 0.1) is 0 Å². The number of rotatable bonds is 4. The van der Waals surface area contributed by atoms with Crippen LogP contribution in [0.2, 0.25) is 0 Å². The van der Waals surface area contributed by atoms with E-state index in [1.165, 1.54) is 4.90 Å². The lowest BCUT2D eigenvalue weighted by Gasteiger charge is -2.15. The number of aromatic amines is 1. The van der Waals surface area contributed by atoms with Gasteiger partial charge in [-0.1, -0.05) is 0 Å². The van der Waals surface area contributed by atoms with Gasteiger partial charge in [0.2, 0.25) is 16.2 Å². The molecule has 1 aromatic carbocycles. The fraction of sp³-hybridized carbons (Fsp3) is 0. The third-order valence-electron chi connectivity index (χ3n) is 3.69. The first kappa shape index (κ1) is 14.4. The predicted octanol–water partition coefficient (Wildman–Crippen LogP) is 1.49. The fourth-order valence-corrected chi connectivity index (χ4v) is 3.71. The maximum Gasteiger partial charge on any atom is 0.231 e. The maximum absolute atomic E-state index is 11.6. The Hall–Kier alpha value is -3.20. The topological polar surface area (TPSA) is 122 Å². The average Bonchev–Trinajstić information content (AvgIpc) is 2.92. The Morgan fingerprint density at radius 2 is 1.88 bits per heavy atom. The number of carbonyl (C=O) groups is 1. The van der Waals surface area contributed by atoms with Crippen molar-refractivity contribution in [3.63, 3.8) is 0 Å². The third-order valence-corrected chi connectivity index (χ3v) is 5.23. The highest BCUT2D eigenvalue weighted by molar-refractivity contribution is 7.97. The molecule has 8 nitrogen and oxygen atoms in total. The van der Waals surface area contributed by atoms with Gasteiger partial charge in [0.25, 0.3) is 0 Å². The number of anilines is 3. The lowest BCUT2D eigenvalue weighted by Crippen LogP contribution is -2.14. The third kappa shape index (κ3) is 2.06. The molecule has 0 spiro atoms. The molecule has 0 aliphatic carbocycles. The molecular weight excluding hydrogens is 330 g/mol. The van der Waals surface area contributed by atoms with Crippen molar-refractivity contribution < 1.29 is 13.2 Å². The number of nitrogen functional groups attached to an aromatic ring is 1. The van der Waals surface area contributed by atoms with Gasteiger partial charge >= 0.3 is 0 Å². The number of hydrogen-bond donors (Lipinski definition) is 2. The van der Waals surface area contributed by atoms with Gasteiger partial charge in [-0.25, -0.2) is 18.4 Å². The first-order valence-electron chi connectivity index (χ1n) is 6.93. The quantitative estimate of drug-likeness (QED) is 0.329. The van der Waals surface area contributed by atoms with E-state index in [1.807, 2.05) is 0 Å². The van der Waals surface area contributed by atoms with Crippen molar-refractivity contribution in [3.8, 4) is 11.4 Å². The number of amides is 1. The van der Waals surface area contributed by atoms with Crippen molar-refractivity contribution >= 4 is 33.6 Å². The van der Waals surface area contributed by atoms with Crippen molar-refractivity contribution in [2.45, 2.75) is 9.92 Å². The fourth-order valence-electron chi connectivity index (χ4n) is 2.46. The van der Waals surface area contributed by atoms with E-state index in [1.54, 1.807) is 42.6 Å².